The Morgan fingerprint density at radius 2 is 1.87 bits per heavy atom. The Bertz CT molecular complexity index is 1120. The number of hydrogen-bond donors (Lipinski definition) is 6. The summed E-state index contributed by atoms with van der Waals surface area (Å²) in [6, 6.07) is 0. The third kappa shape index (κ3) is 5.96. The number of nitrogens with two attached hydrogens (primary N) is 1. The lowest BCUT2D eigenvalue weighted by molar-refractivity contribution is -0.0421. The molecule has 7 N–H and O–H groups in total. The van der Waals surface area contributed by atoms with Crippen molar-refractivity contribution in [2.45, 2.75) is 31.8 Å². The summed E-state index contributed by atoms with van der Waals surface area (Å²) in [6.45, 7) is 1.01. The minimum Gasteiger partial charge on any atom is -0.390 e. The second kappa shape index (κ2) is 8.60. The van der Waals surface area contributed by atoms with Crippen LogP contribution in [0.5, 0.6) is 0 Å². The molecule has 3 heterocycles. The largest absolute Gasteiger partial charge is 0.490 e. The first-order valence-corrected chi connectivity index (χ1v) is 12.9. The standard InChI is InChI=1S/C12H19N4O12P3/c1-6-3-16(12-10(6)11(13)14-5-15-12)9-2-7(17)8(26-9)4-25-30(21,22)28-31(23,24)27-29(18,19)20/h3,5,7-9,17H,2,4H2,1H3,(H,21,22)(H,23,24)(H2,13,14,15)(H2,18,19,20)/t7-,8+,9+/m0/s1. The van der Waals surface area contributed by atoms with Crippen molar-refractivity contribution in [1.82, 2.24) is 14.5 Å². The van der Waals surface area contributed by atoms with Crippen LogP contribution in [0, 0.1) is 6.92 Å². The third-order valence-corrected chi connectivity index (χ3v) is 7.96. The fourth-order valence-corrected chi connectivity index (χ4v) is 6.05. The second-order valence-electron chi connectivity index (χ2n) is 6.50. The number of rotatable bonds is 8. The van der Waals surface area contributed by atoms with Crippen LogP contribution in [-0.2, 0) is 31.6 Å². The molecule has 1 aliphatic heterocycles. The zero-order chi connectivity index (χ0) is 23.2. The highest BCUT2D eigenvalue weighted by atomic mass is 31.3. The maximum absolute atomic E-state index is 11.8. The molecule has 16 nitrogen and oxygen atoms in total. The summed E-state index contributed by atoms with van der Waals surface area (Å²) in [7, 11) is -16.5. The average molecular weight is 504 g/mol. The Morgan fingerprint density at radius 1 is 1.19 bits per heavy atom. The fraction of sp³-hybridized carbons (Fsp3) is 0.500. The number of nitrogens with zero attached hydrogens (tertiary/aromatic N) is 3. The molecule has 5 atom stereocenters. The molecule has 2 aromatic heterocycles. The van der Waals surface area contributed by atoms with E-state index < -0.39 is 48.5 Å². The molecule has 19 heteroatoms. The molecule has 1 saturated heterocycles. The van der Waals surface area contributed by atoms with Crippen molar-refractivity contribution in [3.8, 4) is 0 Å². The normalized spacial score (nSPS) is 26.1. The van der Waals surface area contributed by atoms with Gasteiger partial charge in [0.25, 0.3) is 0 Å². The number of ether oxygens (including phenoxy) is 1. The highest BCUT2D eigenvalue weighted by Gasteiger charge is 2.43. The van der Waals surface area contributed by atoms with Gasteiger partial charge in [0.05, 0.1) is 18.1 Å². The predicted molar refractivity (Wildman–Crippen MR) is 101 cm³/mol. The Morgan fingerprint density at radius 3 is 2.52 bits per heavy atom. The van der Waals surface area contributed by atoms with Gasteiger partial charge in [-0.1, -0.05) is 0 Å². The van der Waals surface area contributed by atoms with Crippen molar-refractivity contribution in [2.75, 3.05) is 12.3 Å². The van der Waals surface area contributed by atoms with Crippen LogP contribution in [0.4, 0.5) is 5.82 Å². The minimum absolute atomic E-state index is 0.0392. The highest BCUT2D eigenvalue weighted by Crippen LogP contribution is 2.66. The van der Waals surface area contributed by atoms with Gasteiger partial charge < -0.3 is 39.7 Å². The van der Waals surface area contributed by atoms with Gasteiger partial charge in [0.15, 0.2) is 0 Å². The quantitative estimate of drug-likeness (QED) is 0.265. The fourth-order valence-electron chi connectivity index (χ4n) is 3.02. The molecule has 1 aliphatic rings. The van der Waals surface area contributed by atoms with E-state index in [9.17, 15) is 23.7 Å². The molecule has 174 valence electrons. The third-order valence-electron chi connectivity index (χ3n) is 4.16. The number of anilines is 1. The van der Waals surface area contributed by atoms with Gasteiger partial charge in [0, 0.05) is 12.6 Å². The molecular weight excluding hydrogens is 485 g/mol. The summed E-state index contributed by atoms with van der Waals surface area (Å²) in [5.74, 6) is 0.254. The lowest BCUT2D eigenvalue weighted by Crippen LogP contribution is -2.26. The molecule has 0 bridgehead atoms. The summed E-state index contributed by atoms with van der Waals surface area (Å²) in [5.41, 5.74) is 7.05. The van der Waals surface area contributed by atoms with Gasteiger partial charge in [0.1, 0.15) is 30.1 Å². The van der Waals surface area contributed by atoms with E-state index in [1.165, 1.54) is 6.33 Å². The number of phosphoric ester groups is 1. The lowest BCUT2D eigenvalue weighted by Gasteiger charge is -2.19. The van der Waals surface area contributed by atoms with E-state index in [0.29, 0.717) is 11.0 Å². The molecule has 3 rings (SSSR count). The van der Waals surface area contributed by atoms with E-state index >= 15 is 0 Å². The van der Waals surface area contributed by atoms with Gasteiger partial charge in [-0.05, 0) is 12.5 Å². The minimum atomic E-state index is -5.64. The van der Waals surface area contributed by atoms with Crippen LogP contribution >= 0.6 is 23.5 Å². The van der Waals surface area contributed by atoms with Crippen LogP contribution in [0.1, 0.15) is 18.2 Å². The molecule has 31 heavy (non-hydrogen) atoms. The lowest BCUT2D eigenvalue weighted by atomic mass is 10.2. The van der Waals surface area contributed by atoms with Crippen molar-refractivity contribution >= 4 is 40.3 Å². The van der Waals surface area contributed by atoms with Crippen molar-refractivity contribution in [3.63, 3.8) is 0 Å². The molecule has 0 spiro atoms. The summed E-state index contributed by atoms with van der Waals surface area (Å²) in [5, 5.41) is 10.8. The van der Waals surface area contributed by atoms with Crippen LogP contribution in [0.3, 0.4) is 0 Å². The SMILES string of the molecule is Cc1cn([C@H]2C[C@H](O)[C@@H](COP(=O)(O)OP(=O)(O)OP(=O)(O)O)O2)c2ncnc(N)c12. The number of phosphoric acid groups is 3. The van der Waals surface area contributed by atoms with Crippen molar-refractivity contribution in [3.05, 3.63) is 18.1 Å². The molecule has 0 aromatic carbocycles. The van der Waals surface area contributed by atoms with Crippen molar-refractivity contribution in [2.24, 2.45) is 0 Å². The predicted octanol–water partition coefficient (Wildman–Crippen LogP) is 0.314. The van der Waals surface area contributed by atoms with Crippen LogP contribution in [0.2, 0.25) is 0 Å². The number of aromatic nitrogens is 3. The number of hydrogen-bond acceptors (Lipinski definition) is 11. The van der Waals surface area contributed by atoms with Crippen LogP contribution in [0.15, 0.2) is 12.5 Å². The van der Waals surface area contributed by atoms with Gasteiger partial charge in [-0.15, -0.1) is 0 Å². The number of aryl methyl sites for hydroxylation is 1. The summed E-state index contributed by atoms with van der Waals surface area (Å²) >= 11 is 0. The van der Waals surface area contributed by atoms with Gasteiger partial charge in [-0.25, -0.2) is 23.7 Å². The zero-order valence-electron chi connectivity index (χ0n) is 15.7. The molecular formula is C12H19N4O12P3. The number of aliphatic hydroxyl groups excluding tert-OH is 1. The molecule has 2 aromatic rings. The Labute approximate surface area is 174 Å². The van der Waals surface area contributed by atoms with Crippen molar-refractivity contribution in [1.29, 1.82) is 0 Å². The first-order chi connectivity index (χ1) is 14.2. The van der Waals surface area contributed by atoms with Gasteiger partial charge in [-0.3, -0.25) is 4.52 Å². The monoisotopic (exact) mass is 504 g/mol. The number of nitrogen functional groups attached to an aromatic ring is 1. The van der Waals surface area contributed by atoms with Crippen LogP contribution in [0.25, 0.3) is 11.0 Å². The average Bonchev–Trinajstić information content (AvgIpc) is 3.11. The van der Waals surface area contributed by atoms with E-state index in [2.05, 4.69) is 23.1 Å². The summed E-state index contributed by atoms with van der Waals surface area (Å²) in [6.07, 6.45) is -0.114. The maximum Gasteiger partial charge on any atom is 0.490 e. The summed E-state index contributed by atoms with van der Waals surface area (Å²) < 4.78 is 52.8. The molecule has 0 radical (unpaired) electrons. The second-order valence-corrected chi connectivity index (χ2v) is 10.9. The zero-order valence-corrected chi connectivity index (χ0v) is 18.3. The van der Waals surface area contributed by atoms with E-state index in [1.807, 2.05) is 0 Å². The molecule has 0 saturated carbocycles. The molecule has 2 unspecified atom stereocenters. The molecule has 1 fully saturated rings. The first kappa shape index (κ1) is 24.4. The van der Waals surface area contributed by atoms with Crippen LogP contribution < -0.4 is 5.73 Å². The Kier molecular flexibility index (Phi) is 6.76. The highest BCUT2D eigenvalue weighted by molar-refractivity contribution is 7.66. The van der Waals surface area contributed by atoms with Gasteiger partial charge >= 0.3 is 23.5 Å². The van der Waals surface area contributed by atoms with E-state index in [-0.39, 0.29) is 12.2 Å². The van der Waals surface area contributed by atoms with E-state index in [1.54, 1.807) is 17.7 Å². The smallest absolute Gasteiger partial charge is 0.390 e. The molecule has 0 amide bonds. The van der Waals surface area contributed by atoms with Gasteiger partial charge in [-0.2, -0.15) is 8.62 Å². The van der Waals surface area contributed by atoms with Gasteiger partial charge in [0.2, 0.25) is 0 Å². The number of aliphatic hydroxyl groups is 1. The van der Waals surface area contributed by atoms with E-state index in [4.69, 9.17) is 25.2 Å². The van der Waals surface area contributed by atoms with E-state index in [0.717, 1.165) is 5.56 Å². The number of fused-ring (bicyclic) bond motifs is 1. The summed E-state index contributed by atoms with van der Waals surface area (Å²) in [4.78, 5) is 43.8. The van der Waals surface area contributed by atoms with Crippen LogP contribution in [-0.4, -0.2) is 58.0 Å². The Hall–Kier alpha value is -1.25. The topological polar surface area (TPSA) is 246 Å². The maximum atomic E-state index is 11.8. The van der Waals surface area contributed by atoms with Crippen molar-refractivity contribution < 1.29 is 56.3 Å². The Balaban J connectivity index is 1.67. The first-order valence-electron chi connectivity index (χ1n) is 8.37. The molecule has 0 aliphatic carbocycles.